The fraction of sp³-hybridized carbons (Fsp3) is 0.300. The van der Waals surface area contributed by atoms with E-state index in [9.17, 15) is 9.59 Å². The van der Waals surface area contributed by atoms with Gasteiger partial charge in [0.25, 0.3) is 5.56 Å². The number of carboxylic acid groups (broad SMARTS) is 1. The number of rotatable bonds is 1. The zero-order chi connectivity index (χ0) is 11.7. The van der Waals surface area contributed by atoms with Crippen molar-refractivity contribution >= 4 is 11.5 Å². The van der Waals surface area contributed by atoms with Crippen molar-refractivity contribution in [3.8, 4) is 0 Å². The van der Waals surface area contributed by atoms with Crippen LogP contribution in [0.15, 0.2) is 17.3 Å². The molecule has 1 aromatic heterocycles. The van der Waals surface area contributed by atoms with Crippen molar-refractivity contribution in [2.75, 3.05) is 0 Å². The first-order valence-electron chi connectivity index (χ1n) is 4.82. The predicted octanol–water partition coefficient (Wildman–Crippen LogP) is 0.634. The second-order valence-corrected chi connectivity index (χ2v) is 3.52. The first kappa shape index (κ1) is 10.4. The Morgan fingerprint density at radius 3 is 2.94 bits per heavy atom. The zero-order valence-corrected chi connectivity index (χ0v) is 8.38. The van der Waals surface area contributed by atoms with Crippen LogP contribution >= 0.6 is 0 Å². The smallest absolute Gasteiger partial charge is 0.342 e. The highest BCUT2D eigenvalue weighted by Gasteiger charge is 2.20. The van der Waals surface area contributed by atoms with Crippen LogP contribution in [0, 0.1) is 0 Å². The van der Waals surface area contributed by atoms with Gasteiger partial charge in [-0.3, -0.25) is 9.36 Å². The summed E-state index contributed by atoms with van der Waals surface area (Å²) in [5, 5.41) is 17.7. The van der Waals surface area contributed by atoms with Crippen LogP contribution in [0.2, 0.25) is 0 Å². The lowest BCUT2D eigenvalue weighted by Gasteiger charge is -2.19. The molecule has 2 rings (SSSR count). The largest absolute Gasteiger partial charge is 0.515 e. The molecule has 0 aromatic carbocycles. The predicted molar refractivity (Wildman–Crippen MR) is 55.3 cm³/mol. The first-order chi connectivity index (χ1) is 7.65. The van der Waals surface area contributed by atoms with E-state index in [2.05, 4.69) is 4.98 Å². The topological polar surface area (TPSA) is 92.4 Å². The Balaban J connectivity index is 2.67. The van der Waals surface area contributed by atoms with Gasteiger partial charge in [0.15, 0.2) is 0 Å². The molecular formula is C10H10N2O4. The van der Waals surface area contributed by atoms with Crippen molar-refractivity contribution < 1.29 is 15.0 Å². The summed E-state index contributed by atoms with van der Waals surface area (Å²) in [6.07, 6.45) is 3.27. The van der Waals surface area contributed by atoms with Gasteiger partial charge in [-0.05, 0) is 12.8 Å². The summed E-state index contributed by atoms with van der Waals surface area (Å²) in [5.74, 6) is -0.934. The second kappa shape index (κ2) is 3.80. The van der Waals surface area contributed by atoms with Crippen molar-refractivity contribution in [2.24, 2.45) is 0 Å². The minimum absolute atomic E-state index is 0.345. The van der Waals surface area contributed by atoms with E-state index in [1.165, 1.54) is 4.57 Å². The van der Waals surface area contributed by atoms with E-state index >= 15 is 0 Å². The van der Waals surface area contributed by atoms with Gasteiger partial charge < -0.3 is 10.2 Å². The van der Waals surface area contributed by atoms with Gasteiger partial charge in [0.2, 0.25) is 0 Å². The number of aliphatic hydroxyl groups is 1. The third-order valence-electron chi connectivity index (χ3n) is 2.55. The molecule has 0 radical (unpaired) electrons. The minimum atomic E-state index is -1.28. The lowest BCUT2D eigenvalue weighted by molar-refractivity contribution is 0.0693. The molecule has 0 atom stereocenters. The Morgan fingerprint density at radius 1 is 1.56 bits per heavy atom. The Labute approximate surface area is 90.5 Å². The molecule has 0 saturated carbocycles. The fourth-order valence-corrected chi connectivity index (χ4v) is 1.76. The number of hydrogen-bond donors (Lipinski definition) is 2. The lowest BCUT2D eigenvalue weighted by Crippen LogP contribution is -2.31. The van der Waals surface area contributed by atoms with E-state index in [0.29, 0.717) is 30.8 Å². The highest BCUT2D eigenvalue weighted by atomic mass is 16.4. The number of carbonyl (C=O) groups is 1. The average Bonchev–Trinajstić information content (AvgIpc) is 2.28. The van der Waals surface area contributed by atoms with Crippen molar-refractivity contribution in [1.82, 2.24) is 9.55 Å². The molecule has 1 aromatic rings. The van der Waals surface area contributed by atoms with E-state index in [1.54, 1.807) is 0 Å². The molecule has 0 fully saturated rings. The van der Waals surface area contributed by atoms with Crippen LogP contribution in [0.1, 0.15) is 29.0 Å². The number of carboxylic acids is 1. The summed E-state index contributed by atoms with van der Waals surface area (Å²) in [6, 6.07) is 0. The van der Waals surface area contributed by atoms with Crippen LogP contribution < -0.4 is 5.56 Å². The summed E-state index contributed by atoms with van der Waals surface area (Å²) in [7, 11) is 0. The van der Waals surface area contributed by atoms with Crippen LogP contribution in [0.3, 0.4) is 0 Å². The Bertz CT molecular complexity index is 530. The van der Waals surface area contributed by atoms with E-state index in [0.717, 1.165) is 12.5 Å². The number of aliphatic hydroxyl groups excluding tert-OH is 1. The van der Waals surface area contributed by atoms with Gasteiger partial charge in [0.1, 0.15) is 11.4 Å². The fourth-order valence-electron chi connectivity index (χ4n) is 1.76. The van der Waals surface area contributed by atoms with E-state index < -0.39 is 11.5 Å². The monoisotopic (exact) mass is 222 g/mol. The molecule has 0 aliphatic carbocycles. The number of hydrogen-bond acceptors (Lipinski definition) is 4. The Kier molecular flexibility index (Phi) is 2.47. The molecule has 84 valence electrons. The maximum absolute atomic E-state index is 11.7. The Morgan fingerprint density at radius 2 is 2.31 bits per heavy atom. The van der Waals surface area contributed by atoms with Crippen LogP contribution in [-0.2, 0) is 6.54 Å². The Hall–Kier alpha value is -2.11. The van der Waals surface area contributed by atoms with E-state index in [-0.39, 0.29) is 5.56 Å². The van der Waals surface area contributed by atoms with Gasteiger partial charge in [0, 0.05) is 18.3 Å². The van der Waals surface area contributed by atoms with Gasteiger partial charge in [0.05, 0.1) is 6.26 Å². The summed E-state index contributed by atoms with van der Waals surface area (Å²) < 4.78 is 1.29. The number of fused-ring (bicyclic) bond motifs is 1. The highest BCUT2D eigenvalue weighted by Crippen LogP contribution is 2.21. The molecule has 2 heterocycles. The van der Waals surface area contributed by atoms with Gasteiger partial charge >= 0.3 is 5.97 Å². The molecule has 6 nitrogen and oxygen atoms in total. The molecule has 0 saturated heterocycles. The molecular weight excluding hydrogens is 212 g/mol. The van der Waals surface area contributed by atoms with Crippen molar-refractivity contribution in [3.63, 3.8) is 0 Å². The molecule has 0 bridgehead atoms. The van der Waals surface area contributed by atoms with Crippen molar-refractivity contribution in [3.05, 3.63) is 34.2 Å². The number of aromatic carboxylic acids is 1. The number of aromatic nitrogens is 2. The van der Waals surface area contributed by atoms with Gasteiger partial charge in [-0.15, -0.1) is 0 Å². The maximum Gasteiger partial charge on any atom is 0.342 e. The lowest BCUT2D eigenvalue weighted by atomic mass is 10.1. The van der Waals surface area contributed by atoms with Crippen LogP contribution in [-0.4, -0.2) is 25.7 Å². The third kappa shape index (κ3) is 1.48. The molecule has 2 N–H and O–H groups in total. The van der Waals surface area contributed by atoms with Gasteiger partial charge in [-0.2, -0.15) is 0 Å². The maximum atomic E-state index is 11.7. The van der Waals surface area contributed by atoms with E-state index in [4.69, 9.17) is 10.2 Å². The number of allylic oxidation sites excluding steroid dienone is 1. The van der Waals surface area contributed by atoms with Crippen molar-refractivity contribution in [2.45, 2.75) is 19.4 Å². The molecule has 0 unspecified atom stereocenters. The third-order valence-corrected chi connectivity index (χ3v) is 2.55. The molecule has 1 aliphatic heterocycles. The van der Waals surface area contributed by atoms with Crippen LogP contribution in [0.5, 0.6) is 0 Å². The first-order valence-corrected chi connectivity index (χ1v) is 4.82. The average molecular weight is 222 g/mol. The van der Waals surface area contributed by atoms with E-state index in [1.807, 2.05) is 0 Å². The molecule has 16 heavy (non-hydrogen) atoms. The summed E-state index contributed by atoms with van der Waals surface area (Å²) >= 11 is 0. The van der Waals surface area contributed by atoms with Gasteiger partial charge in [-0.25, -0.2) is 9.78 Å². The molecule has 0 spiro atoms. The normalized spacial score (nSPS) is 17.1. The molecule has 1 aliphatic rings. The van der Waals surface area contributed by atoms with Crippen molar-refractivity contribution in [1.29, 1.82) is 0 Å². The number of nitrogens with zero attached hydrogens (tertiary/aromatic N) is 2. The highest BCUT2D eigenvalue weighted by molar-refractivity contribution is 5.86. The summed E-state index contributed by atoms with van der Waals surface area (Å²) in [5.41, 5.74) is -0.361. The summed E-state index contributed by atoms with van der Waals surface area (Å²) in [4.78, 5) is 26.4. The second-order valence-electron chi connectivity index (χ2n) is 3.52. The zero-order valence-electron chi connectivity index (χ0n) is 8.38. The molecule has 0 amide bonds. The quantitative estimate of drug-likeness (QED) is 0.680. The standard InChI is InChI=1S/C10H10N2O4/c13-5-6-2-1-3-12-8(6)11-4-7(9(12)14)10(15)16/h4-5,13H,1-3H2,(H,15,16)/b6-5-. The van der Waals surface area contributed by atoms with Crippen LogP contribution in [0.25, 0.3) is 5.57 Å². The summed E-state index contributed by atoms with van der Waals surface area (Å²) in [6.45, 7) is 0.430. The minimum Gasteiger partial charge on any atom is -0.515 e. The molecule has 6 heteroatoms. The van der Waals surface area contributed by atoms with Gasteiger partial charge in [-0.1, -0.05) is 0 Å². The SMILES string of the molecule is O=C(O)c1cnc2n(c1=O)CCC/C2=C/O. The van der Waals surface area contributed by atoms with Crippen LogP contribution in [0.4, 0.5) is 0 Å².